The number of likely N-dealkylation sites (tertiary alicyclic amines) is 1. The van der Waals surface area contributed by atoms with E-state index in [-0.39, 0.29) is 0 Å². The summed E-state index contributed by atoms with van der Waals surface area (Å²) in [6, 6.07) is 0. The first-order valence-corrected chi connectivity index (χ1v) is 7.75. The Labute approximate surface area is 119 Å². The molecule has 112 valence electrons. The number of amides is 1. The molecule has 1 aliphatic heterocycles. The lowest BCUT2D eigenvalue weighted by atomic mass is 9.77. The quantitative estimate of drug-likeness (QED) is 0.812. The zero-order chi connectivity index (χ0) is 14.3. The molecule has 1 saturated heterocycles. The van der Waals surface area contributed by atoms with E-state index >= 15 is 0 Å². The lowest BCUT2D eigenvalue weighted by molar-refractivity contribution is -0.154. The third-order valence-electron chi connectivity index (χ3n) is 5.24. The van der Waals surface area contributed by atoms with Crippen molar-refractivity contribution in [3.05, 3.63) is 0 Å². The van der Waals surface area contributed by atoms with Crippen LogP contribution in [0.4, 0.5) is 4.79 Å². The highest BCUT2D eigenvalue weighted by Crippen LogP contribution is 2.46. The molecule has 0 radical (unpaired) electrons. The number of carboxylic acids is 1. The van der Waals surface area contributed by atoms with E-state index in [1.54, 1.807) is 0 Å². The minimum absolute atomic E-state index is 0.352. The van der Waals surface area contributed by atoms with Crippen molar-refractivity contribution in [2.24, 2.45) is 17.8 Å². The van der Waals surface area contributed by atoms with Gasteiger partial charge in [0.25, 0.3) is 0 Å². The predicted octanol–water partition coefficient (Wildman–Crippen LogP) is 2.80. The first-order valence-electron chi connectivity index (χ1n) is 7.75. The highest BCUT2D eigenvalue weighted by atomic mass is 16.4. The van der Waals surface area contributed by atoms with Crippen LogP contribution in [0.25, 0.3) is 0 Å². The van der Waals surface area contributed by atoms with E-state index in [9.17, 15) is 19.8 Å². The van der Waals surface area contributed by atoms with Crippen LogP contribution in [0.1, 0.15) is 51.4 Å². The lowest BCUT2D eigenvalue weighted by Gasteiger charge is -2.45. The molecule has 3 rings (SSSR count). The second-order valence-electron chi connectivity index (χ2n) is 6.96. The van der Waals surface area contributed by atoms with Gasteiger partial charge in [0.2, 0.25) is 0 Å². The molecule has 5 heteroatoms. The highest BCUT2D eigenvalue weighted by molar-refractivity contribution is 5.84. The molecular weight excluding hydrogens is 258 g/mol. The van der Waals surface area contributed by atoms with Crippen molar-refractivity contribution in [3.63, 3.8) is 0 Å². The van der Waals surface area contributed by atoms with Crippen molar-refractivity contribution < 1.29 is 19.8 Å². The van der Waals surface area contributed by atoms with E-state index in [1.165, 1.54) is 17.7 Å². The molecule has 1 heterocycles. The molecule has 2 aliphatic carbocycles. The van der Waals surface area contributed by atoms with E-state index in [0.717, 1.165) is 31.6 Å². The van der Waals surface area contributed by atoms with Crippen molar-refractivity contribution in [1.29, 1.82) is 0 Å². The second kappa shape index (κ2) is 4.93. The van der Waals surface area contributed by atoms with Gasteiger partial charge in [-0.15, -0.1) is 0 Å². The van der Waals surface area contributed by atoms with Crippen LogP contribution in [0, 0.1) is 17.8 Å². The summed E-state index contributed by atoms with van der Waals surface area (Å²) < 4.78 is 0. The maximum Gasteiger partial charge on any atom is 0.408 e. The molecule has 2 atom stereocenters. The standard InChI is InChI=1S/C15H23NO4/c17-13(18)15(8-11-3-4-11)6-5-12(7-10-1-2-10)9-16(15)14(19)20/h10-12H,1-9H2,(H,17,18)(H,19,20). The van der Waals surface area contributed by atoms with Crippen LogP contribution in [0.15, 0.2) is 0 Å². The van der Waals surface area contributed by atoms with Gasteiger partial charge >= 0.3 is 12.1 Å². The molecular formula is C15H23NO4. The normalized spacial score (nSPS) is 34.0. The summed E-state index contributed by atoms with van der Waals surface area (Å²) in [5, 5.41) is 19.1. The van der Waals surface area contributed by atoms with Gasteiger partial charge in [-0.25, -0.2) is 9.59 Å². The fourth-order valence-electron chi connectivity index (χ4n) is 3.70. The molecule has 3 fully saturated rings. The largest absolute Gasteiger partial charge is 0.479 e. The molecule has 0 aromatic rings. The fraction of sp³-hybridized carbons (Fsp3) is 0.867. The molecule has 5 nitrogen and oxygen atoms in total. The predicted molar refractivity (Wildman–Crippen MR) is 72.5 cm³/mol. The molecule has 2 saturated carbocycles. The van der Waals surface area contributed by atoms with E-state index in [0.29, 0.717) is 31.2 Å². The van der Waals surface area contributed by atoms with Gasteiger partial charge in [-0.05, 0) is 43.4 Å². The number of hydrogen-bond donors (Lipinski definition) is 2. The highest BCUT2D eigenvalue weighted by Gasteiger charge is 2.52. The molecule has 0 bridgehead atoms. The van der Waals surface area contributed by atoms with Crippen molar-refractivity contribution in [1.82, 2.24) is 4.90 Å². The monoisotopic (exact) mass is 281 g/mol. The summed E-state index contributed by atoms with van der Waals surface area (Å²) in [6.45, 7) is 0.408. The number of rotatable bonds is 5. The van der Waals surface area contributed by atoms with Crippen LogP contribution >= 0.6 is 0 Å². The topological polar surface area (TPSA) is 77.8 Å². The van der Waals surface area contributed by atoms with Gasteiger partial charge in [0.1, 0.15) is 5.54 Å². The third-order valence-corrected chi connectivity index (χ3v) is 5.24. The molecule has 0 spiro atoms. The second-order valence-corrected chi connectivity index (χ2v) is 6.96. The maximum absolute atomic E-state index is 11.8. The zero-order valence-corrected chi connectivity index (χ0v) is 11.8. The van der Waals surface area contributed by atoms with E-state index in [2.05, 4.69) is 0 Å². The third kappa shape index (κ3) is 2.63. The van der Waals surface area contributed by atoms with E-state index < -0.39 is 17.6 Å². The molecule has 0 aromatic carbocycles. The Morgan fingerprint density at radius 1 is 1.00 bits per heavy atom. The van der Waals surface area contributed by atoms with Crippen LogP contribution in [0.3, 0.4) is 0 Å². The van der Waals surface area contributed by atoms with Gasteiger partial charge in [0, 0.05) is 6.54 Å². The number of nitrogens with zero attached hydrogens (tertiary/aromatic N) is 1. The Morgan fingerprint density at radius 2 is 1.65 bits per heavy atom. The Balaban J connectivity index is 1.76. The van der Waals surface area contributed by atoms with Crippen LogP contribution < -0.4 is 0 Å². The van der Waals surface area contributed by atoms with Crippen LogP contribution in [-0.4, -0.2) is 39.3 Å². The number of hydrogen-bond acceptors (Lipinski definition) is 2. The lowest BCUT2D eigenvalue weighted by Crippen LogP contribution is -2.61. The Kier molecular flexibility index (Phi) is 3.38. The van der Waals surface area contributed by atoms with Crippen molar-refractivity contribution in [3.8, 4) is 0 Å². The van der Waals surface area contributed by atoms with Crippen LogP contribution in [0.5, 0.6) is 0 Å². The van der Waals surface area contributed by atoms with Gasteiger partial charge in [0.05, 0.1) is 0 Å². The smallest absolute Gasteiger partial charge is 0.408 e. The Hall–Kier alpha value is -1.26. The number of carbonyl (C=O) groups is 2. The van der Waals surface area contributed by atoms with Crippen molar-refractivity contribution in [2.75, 3.05) is 6.54 Å². The SMILES string of the molecule is O=C(O)N1CC(CC2CC2)CCC1(CC1CC1)C(=O)O. The van der Waals surface area contributed by atoms with E-state index in [1.807, 2.05) is 0 Å². The first-order chi connectivity index (χ1) is 9.51. The Bertz CT molecular complexity index is 416. The molecule has 1 amide bonds. The maximum atomic E-state index is 11.8. The summed E-state index contributed by atoms with van der Waals surface area (Å²) >= 11 is 0. The van der Waals surface area contributed by atoms with Gasteiger partial charge in [-0.3, -0.25) is 4.90 Å². The number of carboxylic acid groups (broad SMARTS) is 2. The summed E-state index contributed by atoms with van der Waals surface area (Å²) in [6.07, 6.45) is 6.48. The van der Waals surface area contributed by atoms with Crippen LogP contribution in [-0.2, 0) is 4.79 Å². The van der Waals surface area contributed by atoms with Crippen molar-refractivity contribution in [2.45, 2.75) is 56.9 Å². The summed E-state index contributed by atoms with van der Waals surface area (Å²) in [4.78, 5) is 24.6. The minimum atomic E-state index is -1.16. The molecule has 20 heavy (non-hydrogen) atoms. The van der Waals surface area contributed by atoms with Crippen molar-refractivity contribution >= 4 is 12.1 Å². The molecule has 2 N–H and O–H groups in total. The average Bonchev–Trinajstić information content (AvgIpc) is 3.26. The fourth-order valence-corrected chi connectivity index (χ4v) is 3.70. The number of aliphatic carboxylic acids is 1. The van der Waals surface area contributed by atoms with Gasteiger partial charge in [-0.2, -0.15) is 0 Å². The summed E-state index contributed by atoms with van der Waals surface area (Å²) in [7, 11) is 0. The van der Waals surface area contributed by atoms with E-state index in [4.69, 9.17) is 0 Å². The Morgan fingerprint density at radius 3 is 2.15 bits per heavy atom. The average molecular weight is 281 g/mol. The zero-order valence-electron chi connectivity index (χ0n) is 11.8. The number of piperidine rings is 1. The molecule has 0 aromatic heterocycles. The molecule has 3 aliphatic rings. The summed E-state index contributed by atoms with van der Waals surface area (Å²) in [5.41, 5.74) is -1.16. The van der Waals surface area contributed by atoms with Crippen LogP contribution in [0.2, 0.25) is 0 Å². The first kappa shape index (κ1) is 13.7. The van der Waals surface area contributed by atoms with Gasteiger partial charge < -0.3 is 10.2 Å². The van der Waals surface area contributed by atoms with Gasteiger partial charge in [0.15, 0.2) is 0 Å². The van der Waals surface area contributed by atoms with Gasteiger partial charge in [-0.1, -0.05) is 25.7 Å². The molecule has 2 unspecified atom stereocenters. The summed E-state index contributed by atoms with van der Waals surface area (Å²) in [5.74, 6) is 0.575. The minimum Gasteiger partial charge on any atom is -0.479 e.